The van der Waals surface area contributed by atoms with Crippen LogP contribution in [0.25, 0.3) is 0 Å². The summed E-state index contributed by atoms with van der Waals surface area (Å²) in [6, 6.07) is 4.04. The minimum atomic E-state index is 0.269. The number of carbonyl (C=O) groups is 1. The van der Waals surface area contributed by atoms with Crippen molar-refractivity contribution >= 4 is 33.2 Å². The fraction of sp³-hybridized carbons (Fsp3) is 0.615. The lowest BCUT2D eigenvalue weighted by molar-refractivity contribution is -0.132. The third-order valence-electron chi connectivity index (χ3n) is 3.32. The summed E-state index contributed by atoms with van der Waals surface area (Å²) in [5.41, 5.74) is 0. The Bertz CT molecular complexity index is 405. The van der Waals surface area contributed by atoms with Gasteiger partial charge in [0.05, 0.1) is 10.2 Å². The number of thiophene rings is 1. The van der Waals surface area contributed by atoms with Crippen molar-refractivity contribution in [2.24, 2.45) is 5.92 Å². The predicted molar refractivity (Wildman–Crippen MR) is 79.0 cm³/mol. The highest BCUT2D eigenvalue weighted by Gasteiger charge is 2.23. The van der Waals surface area contributed by atoms with Crippen LogP contribution in [0.2, 0.25) is 0 Å². The Labute approximate surface area is 121 Å². The number of carbonyl (C=O) groups excluding carboxylic acids is 1. The Kier molecular flexibility index (Phi) is 5.21. The van der Waals surface area contributed by atoms with E-state index in [4.69, 9.17) is 0 Å². The number of likely N-dealkylation sites (tertiary alicyclic amines) is 1. The highest BCUT2D eigenvalue weighted by molar-refractivity contribution is 9.11. The highest BCUT2D eigenvalue weighted by atomic mass is 79.9. The molecular weight excluding hydrogens is 312 g/mol. The molecule has 1 unspecified atom stereocenters. The minimum absolute atomic E-state index is 0.269. The number of nitrogens with zero attached hydrogens (tertiary/aromatic N) is 1. The number of halogens is 1. The number of hydrogen-bond acceptors (Lipinski definition) is 3. The Balaban J connectivity index is 1.88. The van der Waals surface area contributed by atoms with Crippen molar-refractivity contribution in [2.75, 3.05) is 26.7 Å². The van der Waals surface area contributed by atoms with Gasteiger partial charge in [-0.05, 0) is 60.4 Å². The van der Waals surface area contributed by atoms with Crippen LogP contribution >= 0.6 is 27.3 Å². The molecule has 100 valence electrons. The molecular formula is C13H19BrN2OS. The monoisotopic (exact) mass is 330 g/mol. The lowest BCUT2D eigenvalue weighted by Gasteiger charge is -2.32. The van der Waals surface area contributed by atoms with Gasteiger partial charge in [0.15, 0.2) is 0 Å². The molecule has 1 N–H and O–H groups in total. The Morgan fingerprint density at radius 1 is 1.61 bits per heavy atom. The molecule has 2 rings (SSSR count). The molecule has 1 aliphatic rings. The van der Waals surface area contributed by atoms with Gasteiger partial charge in [-0.1, -0.05) is 0 Å². The van der Waals surface area contributed by atoms with E-state index in [1.165, 1.54) is 6.42 Å². The number of rotatable bonds is 4. The zero-order valence-electron chi connectivity index (χ0n) is 10.6. The molecule has 1 aliphatic heterocycles. The van der Waals surface area contributed by atoms with E-state index in [1.54, 1.807) is 11.3 Å². The molecule has 1 amide bonds. The van der Waals surface area contributed by atoms with Gasteiger partial charge in [-0.25, -0.2) is 0 Å². The van der Waals surface area contributed by atoms with Crippen molar-refractivity contribution in [3.05, 3.63) is 20.8 Å². The van der Waals surface area contributed by atoms with Crippen molar-refractivity contribution in [3.8, 4) is 0 Å². The van der Waals surface area contributed by atoms with Gasteiger partial charge in [0.1, 0.15) is 0 Å². The van der Waals surface area contributed by atoms with Gasteiger partial charge in [-0.3, -0.25) is 4.79 Å². The predicted octanol–water partition coefficient (Wildman–Crippen LogP) is 2.51. The summed E-state index contributed by atoms with van der Waals surface area (Å²) in [5, 5.41) is 3.21. The van der Waals surface area contributed by atoms with Crippen molar-refractivity contribution in [2.45, 2.75) is 19.3 Å². The van der Waals surface area contributed by atoms with E-state index < -0.39 is 0 Å². The van der Waals surface area contributed by atoms with Crippen LogP contribution in [-0.2, 0) is 11.2 Å². The van der Waals surface area contributed by atoms with Gasteiger partial charge in [-0.2, -0.15) is 0 Å². The molecule has 2 heterocycles. The first-order valence-electron chi connectivity index (χ1n) is 6.35. The van der Waals surface area contributed by atoms with Crippen molar-refractivity contribution in [1.29, 1.82) is 0 Å². The van der Waals surface area contributed by atoms with Crippen LogP contribution in [-0.4, -0.2) is 37.5 Å². The lowest BCUT2D eigenvalue weighted by Crippen LogP contribution is -2.43. The maximum atomic E-state index is 12.2. The standard InChI is InChI=1S/C13H19BrN2OS/c1-15-8-10-3-2-6-16(9-10)13(17)7-11-4-5-12(14)18-11/h4-5,10,15H,2-3,6-9H2,1H3. The second-order valence-electron chi connectivity index (χ2n) is 4.79. The quantitative estimate of drug-likeness (QED) is 0.919. The van der Waals surface area contributed by atoms with Crippen LogP contribution in [0.5, 0.6) is 0 Å². The Morgan fingerprint density at radius 2 is 2.44 bits per heavy atom. The summed E-state index contributed by atoms with van der Waals surface area (Å²) in [6.45, 7) is 2.84. The molecule has 3 nitrogen and oxygen atoms in total. The number of piperidine rings is 1. The first-order valence-corrected chi connectivity index (χ1v) is 7.96. The third-order valence-corrected chi connectivity index (χ3v) is 4.94. The zero-order valence-corrected chi connectivity index (χ0v) is 13.0. The third kappa shape index (κ3) is 3.80. The molecule has 1 aromatic rings. The lowest BCUT2D eigenvalue weighted by atomic mass is 9.98. The topological polar surface area (TPSA) is 32.3 Å². The zero-order chi connectivity index (χ0) is 13.0. The second-order valence-corrected chi connectivity index (χ2v) is 7.34. The van der Waals surface area contributed by atoms with E-state index in [1.807, 2.05) is 24.1 Å². The molecule has 1 saturated heterocycles. The molecule has 0 bridgehead atoms. The fourth-order valence-electron chi connectivity index (χ4n) is 2.45. The van der Waals surface area contributed by atoms with Crippen molar-refractivity contribution in [3.63, 3.8) is 0 Å². The van der Waals surface area contributed by atoms with Gasteiger partial charge in [0, 0.05) is 18.0 Å². The number of hydrogen-bond donors (Lipinski definition) is 1. The van der Waals surface area contributed by atoms with Crippen LogP contribution < -0.4 is 5.32 Å². The Hall–Kier alpha value is -0.390. The van der Waals surface area contributed by atoms with Gasteiger partial charge < -0.3 is 10.2 Å². The minimum Gasteiger partial charge on any atom is -0.342 e. The van der Waals surface area contributed by atoms with Crippen LogP contribution in [0.15, 0.2) is 15.9 Å². The number of nitrogens with one attached hydrogen (secondary N) is 1. The van der Waals surface area contributed by atoms with Gasteiger partial charge in [-0.15, -0.1) is 11.3 Å². The van der Waals surface area contributed by atoms with Crippen LogP contribution in [0.3, 0.4) is 0 Å². The molecule has 1 aromatic heterocycles. The normalized spacial score (nSPS) is 20.1. The molecule has 1 atom stereocenters. The van der Waals surface area contributed by atoms with E-state index in [0.29, 0.717) is 12.3 Å². The van der Waals surface area contributed by atoms with E-state index in [-0.39, 0.29) is 5.91 Å². The molecule has 0 aromatic carbocycles. The van der Waals surface area contributed by atoms with E-state index in [0.717, 1.165) is 34.7 Å². The van der Waals surface area contributed by atoms with E-state index in [2.05, 4.69) is 21.2 Å². The Morgan fingerprint density at radius 3 is 3.11 bits per heavy atom. The molecule has 1 fully saturated rings. The van der Waals surface area contributed by atoms with Gasteiger partial charge in [0.25, 0.3) is 0 Å². The maximum absolute atomic E-state index is 12.2. The largest absolute Gasteiger partial charge is 0.342 e. The smallest absolute Gasteiger partial charge is 0.227 e. The van der Waals surface area contributed by atoms with Crippen LogP contribution in [0.1, 0.15) is 17.7 Å². The summed E-state index contributed by atoms with van der Waals surface area (Å²) < 4.78 is 1.09. The first kappa shape index (κ1) is 14.0. The van der Waals surface area contributed by atoms with Gasteiger partial charge in [0.2, 0.25) is 5.91 Å². The molecule has 0 saturated carbocycles. The SMILES string of the molecule is CNCC1CCCN(C(=O)Cc2ccc(Br)s2)C1. The molecule has 0 radical (unpaired) electrons. The molecule has 18 heavy (non-hydrogen) atoms. The average Bonchev–Trinajstić information content (AvgIpc) is 2.75. The summed E-state index contributed by atoms with van der Waals surface area (Å²) in [5.74, 6) is 0.882. The molecule has 0 spiro atoms. The first-order chi connectivity index (χ1) is 8.69. The van der Waals surface area contributed by atoms with E-state index >= 15 is 0 Å². The second kappa shape index (κ2) is 6.68. The summed E-state index contributed by atoms with van der Waals surface area (Å²) in [6.07, 6.45) is 2.91. The van der Waals surface area contributed by atoms with E-state index in [9.17, 15) is 4.79 Å². The summed E-state index contributed by atoms with van der Waals surface area (Å²) >= 11 is 5.08. The van der Waals surface area contributed by atoms with Crippen LogP contribution in [0.4, 0.5) is 0 Å². The van der Waals surface area contributed by atoms with Crippen molar-refractivity contribution < 1.29 is 4.79 Å². The molecule has 5 heteroatoms. The summed E-state index contributed by atoms with van der Waals surface area (Å²) in [7, 11) is 1.98. The molecule has 0 aliphatic carbocycles. The van der Waals surface area contributed by atoms with Crippen LogP contribution in [0, 0.1) is 5.92 Å². The van der Waals surface area contributed by atoms with Crippen molar-refractivity contribution in [1.82, 2.24) is 10.2 Å². The summed E-state index contributed by atoms with van der Waals surface area (Å²) in [4.78, 5) is 15.4. The average molecular weight is 331 g/mol. The van der Waals surface area contributed by atoms with Gasteiger partial charge >= 0.3 is 0 Å². The fourth-order valence-corrected chi connectivity index (χ4v) is 3.93. The maximum Gasteiger partial charge on any atom is 0.227 e. The highest BCUT2D eigenvalue weighted by Crippen LogP contribution is 2.23. The number of amides is 1.